The minimum atomic E-state index is -0.366. The van der Waals surface area contributed by atoms with Gasteiger partial charge in [-0.05, 0) is 53.4 Å². The van der Waals surface area contributed by atoms with E-state index >= 15 is 0 Å². The van der Waals surface area contributed by atoms with Crippen LogP contribution in [0, 0.1) is 5.92 Å². The summed E-state index contributed by atoms with van der Waals surface area (Å²) in [4.78, 5) is 11.9. The summed E-state index contributed by atoms with van der Waals surface area (Å²) in [6.45, 7) is 9.85. The van der Waals surface area contributed by atoms with E-state index < -0.39 is 0 Å². The number of rotatable bonds is 7. The van der Waals surface area contributed by atoms with Gasteiger partial charge >= 0.3 is 5.97 Å². The average molecular weight is 240 g/mol. The molecular weight excluding hydrogens is 212 g/mol. The van der Waals surface area contributed by atoms with Gasteiger partial charge in [0.05, 0.1) is 5.92 Å². The summed E-state index contributed by atoms with van der Waals surface area (Å²) in [5, 5.41) is 0. The van der Waals surface area contributed by atoms with E-state index in [2.05, 4.69) is 19.1 Å². The first kappa shape index (κ1) is 16.2. The molecule has 1 atom stereocenters. The van der Waals surface area contributed by atoms with Gasteiger partial charge in [0, 0.05) is 0 Å². The molecule has 0 fully saturated rings. The van der Waals surface area contributed by atoms with E-state index in [9.17, 15) is 4.79 Å². The van der Waals surface area contributed by atoms with Crippen LogP contribution in [0.3, 0.4) is 0 Å². The first-order chi connectivity index (χ1) is 7.90. The predicted molar refractivity (Wildman–Crippen MR) is 72.9 cm³/mol. The second kappa shape index (κ2) is 8.32. The lowest BCUT2D eigenvalue weighted by Crippen LogP contribution is -2.28. The van der Waals surface area contributed by atoms with Crippen LogP contribution < -0.4 is 0 Å². The van der Waals surface area contributed by atoms with Crippen molar-refractivity contribution in [2.24, 2.45) is 5.92 Å². The van der Waals surface area contributed by atoms with Crippen LogP contribution in [0.25, 0.3) is 0 Å². The Morgan fingerprint density at radius 2 is 1.94 bits per heavy atom. The summed E-state index contributed by atoms with van der Waals surface area (Å²) < 4.78 is 5.42. The Hall–Kier alpha value is -0.790. The quantitative estimate of drug-likeness (QED) is 0.372. The number of esters is 1. The van der Waals surface area contributed by atoms with Crippen molar-refractivity contribution in [1.82, 2.24) is 0 Å². The molecule has 0 amide bonds. The van der Waals surface area contributed by atoms with E-state index in [1.807, 2.05) is 27.7 Å². The first-order valence-corrected chi connectivity index (χ1v) is 6.74. The highest BCUT2D eigenvalue weighted by molar-refractivity contribution is 5.72. The fourth-order valence-electron chi connectivity index (χ4n) is 1.69. The van der Waals surface area contributed by atoms with Crippen molar-refractivity contribution < 1.29 is 9.53 Å². The van der Waals surface area contributed by atoms with Crippen molar-refractivity contribution in [3.63, 3.8) is 0 Å². The van der Waals surface area contributed by atoms with Crippen LogP contribution in [-0.2, 0) is 9.53 Å². The highest BCUT2D eigenvalue weighted by Crippen LogP contribution is 2.19. The van der Waals surface area contributed by atoms with E-state index in [1.165, 1.54) is 0 Å². The van der Waals surface area contributed by atoms with Crippen LogP contribution in [0.15, 0.2) is 12.2 Å². The summed E-state index contributed by atoms with van der Waals surface area (Å²) >= 11 is 0. The number of allylic oxidation sites excluding steroid dienone is 2. The van der Waals surface area contributed by atoms with Gasteiger partial charge in [0.1, 0.15) is 5.60 Å². The molecule has 0 spiro atoms. The zero-order chi connectivity index (χ0) is 13.3. The smallest absolute Gasteiger partial charge is 0.309 e. The molecule has 0 aliphatic heterocycles. The van der Waals surface area contributed by atoms with Gasteiger partial charge in [-0.15, -0.1) is 0 Å². The van der Waals surface area contributed by atoms with E-state index in [4.69, 9.17) is 4.74 Å². The highest BCUT2D eigenvalue weighted by Gasteiger charge is 2.23. The maximum Gasteiger partial charge on any atom is 0.309 e. The van der Waals surface area contributed by atoms with Gasteiger partial charge in [0.15, 0.2) is 0 Å². The first-order valence-electron chi connectivity index (χ1n) is 6.74. The van der Waals surface area contributed by atoms with Crippen molar-refractivity contribution in [3.8, 4) is 0 Å². The van der Waals surface area contributed by atoms with Crippen molar-refractivity contribution in [2.45, 2.75) is 72.3 Å². The van der Waals surface area contributed by atoms with Crippen molar-refractivity contribution in [2.75, 3.05) is 0 Å². The third kappa shape index (κ3) is 8.96. The lowest BCUT2D eigenvalue weighted by atomic mass is 9.98. The molecule has 0 N–H and O–H groups in total. The van der Waals surface area contributed by atoms with Crippen LogP contribution in [-0.4, -0.2) is 11.6 Å². The molecule has 0 aromatic carbocycles. The molecule has 0 saturated heterocycles. The molecule has 17 heavy (non-hydrogen) atoms. The zero-order valence-corrected chi connectivity index (χ0v) is 12.1. The fraction of sp³-hybridized carbons (Fsp3) is 0.800. The molecule has 0 rings (SSSR count). The highest BCUT2D eigenvalue weighted by atomic mass is 16.6. The zero-order valence-electron chi connectivity index (χ0n) is 12.1. The number of carbonyl (C=O) groups is 1. The normalized spacial score (nSPS) is 13.9. The molecule has 0 aromatic rings. The van der Waals surface area contributed by atoms with Crippen molar-refractivity contribution in [1.29, 1.82) is 0 Å². The summed E-state index contributed by atoms with van der Waals surface area (Å²) in [5.74, 6) is 0.0332. The maximum atomic E-state index is 11.9. The molecule has 2 nitrogen and oxygen atoms in total. The molecule has 0 aliphatic rings. The molecule has 0 aromatic heterocycles. The van der Waals surface area contributed by atoms with Crippen LogP contribution in [0.2, 0.25) is 0 Å². The summed E-state index contributed by atoms with van der Waals surface area (Å²) in [5.41, 5.74) is -0.366. The fourth-order valence-corrected chi connectivity index (χ4v) is 1.69. The Labute approximate surface area is 106 Å². The standard InChI is InChI=1S/C15H28O2/c1-6-8-9-10-11-12-13(7-2)14(16)17-15(3,4)5/h6,8,13H,7,9-12H2,1-5H3/b8-6+. The summed E-state index contributed by atoms with van der Waals surface area (Å²) in [6, 6.07) is 0. The van der Waals surface area contributed by atoms with Gasteiger partial charge in [0.2, 0.25) is 0 Å². The summed E-state index contributed by atoms with van der Waals surface area (Å²) in [7, 11) is 0. The van der Waals surface area contributed by atoms with Gasteiger partial charge in [-0.2, -0.15) is 0 Å². The molecule has 2 heteroatoms. The van der Waals surface area contributed by atoms with E-state index in [1.54, 1.807) is 0 Å². The Bertz CT molecular complexity index is 236. The molecule has 0 heterocycles. The van der Waals surface area contributed by atoms with E-state index in [0.717, 1.165) is 32.1 Å². The Kier molecular flexibility index (Phi) is 7.94. The second-order valence-corrected chi connectivity index (χ2v) is 5.49. The van der Waals surface area contributed by atoms with Gasteiger partial charge in [-0.25, -0.2) is 0 Å². The minimum Gasteiger partial charge on any atom is -0.460 e. The number of ether oxygens (including phenoxy) is 1. The number of hydrogen-bond acceptors (Lipinski definition) is 2. The average Bonchev–Trinajstić information content (AvgIpc) is 2.20. The van der Waals surface area contributed by atoms with Gasteiger partial charge in [-0.1, -0.05) is 25.5 Å². The largest absolute Gasteiger partial charge is 0.460 e. The third-order valence-electron chi connectivity index (χ3n) is 2.64. The van der Waals surface area contributed by atoms with Crippen LogP contribution >= 0.6 is 0 Å². The Balaban J connectivity index is 3.94. The van der Waals surface area contributed by atoms with E-state index in [0.29, 0.717) is 0 Å². The third-order valence-corrected chi connectivity index (χ3v) is 2.64. The number of unbranched alkanes of at least 4 members (excludes halogenated alkanes) is 2. The Morgan fingerprint density at radius 1 is 1.29 bits per heavy atom. The molecule has 0 radical (unpaired) electrons. The SMILES string of the molecule is C/C=C/CCCCC(CC)C(=O)OC(C)(C)C. The lowest BCUT2D eigenvalue weighted by molar-refractivity contribution is -0.160. The van der Waals surface area contributed by atoms with Crippen molar-refractivity contribution in [3.05, 3.63) is 12.2 Å². The van der Waals surface area contributed by atoms with Crippen molar-refractivity contribution >= 4 is 5.97 Å². The van der Waals surface area contributed by atoms with Gasteiger partial charge in [-0.3, -0.25) is 4.79 Å². The molecule has 0 aliphatic carbocycles. The van der Waals surface area contributed by atoms with Crippen LogP contribution in [0.1, 0.15) is 66.7 Å². The summed E-state index contributed by atoms with van der Waals surface area (Å²) in [6.07, 6.45) is 9.44. The number of carbonyl (C=O) groups excluding carboxylic acids is 1. The molecule has 0 saturated carbocycles. The monoisotopic (exact) mass is 240 g/mol. The second-order valence-electron chi connectivity index (χ2n) is 5.49. The van der Waals surface area contributed by atoms with Gasteiger partial charge in [0.25, 0.3) is 0 Å². The molecule has 100 valence electrons. The lowest BCUT2D eigenvalue weighted by Gasteiger charge is -2.23. The van der Waals surface area contributed by atoms with Gasteiger partial charge < -0.3 is 4.74 Å². The minimum absolute atomic E-state index is 0.0361. The predicted octanol–water partition coefficient (Wildman–Crippen LogP) is 4.49. The molecule has 0 bridgehead atoms. The maximum absolute atomic E-state index is 11.9. The number of hydrogen-bond donors (Lipinski definition) is 0. The molecule has 1 unspecified atom stereocenters. The van der Waals surface area contributed by atoms with E-state index in [-0.39, 0.29) is 17.5 Å². The topological polar surface area (TPSA) is 26.3 Å². The van der Waals surface area contributed by atoms with Crippen LogP contribution in [0.4, 0.5) is 0 Å². The molecular formula is C15H28O2. The van der Waals surface area contributed by atoms with Crippen LogP contribution in [0.5, 0.6) is 0 Å². The Morgan fingerprint density at radius 3 is 2.41 bits per heavy atom.